The summed E-state index contributed by atoms with van der Waals surface area (Å²) in [6.45, 7) is 0.915. The normalized spacial score (nSPS) is 14.8. The number of amides is 1. The van der Waals surface area contributed by atoms with Crippen molar-refractivity contribution in [2.75, 3.05) is 19.7 Å². The molecule has 7 nitrogen and oxygen atoms in total. The Bertz CT molecular complexity index is 1110. The van der Waals surface area contributed by atoms with Crippen LogP contribution in [0.1, 0.15) is 23.8 Å². The zero-order valence-corrected chi connectivity index (χ0v) is 17.3. The van der Waals surface area contributed by atoms with Crippen LogP contribution in [0.25, 0.3) is 10.2 Å². The zero-order valence-electron chi connectivity index (χ0n) is 15.7. The van der Waals surface area contributed by atoms with Crippen LogP contribution in [0.5, 0.6) is 5.75 Å². The highest BCUT2D eigenvalue weighted by molar-refractivity contribution is 7.18. The van der Waals surface area contributed by atoms with Crippen molar-refractivity contribution < 1.29 is 18.8 Å². The molecule has 0 aliphatic carbocycles. The summed E-state index contributed by atoms with van der Waals surface area (Å²) in [5.74, 6) is -0.837. The van der Waals surface area contributed by atoms with E-state index < -0.39 is 16.4 Å². The molecule has 0 saturated carbocycles. The van der Waals surface area contributed by atoms with Gasteiger partial charge >= 0.3 is 5.69 Å². The molecule has 0 bridgehead atoms. The molecule has 2 aromatic carbocycles. The summed E-state index contributed by atoms with van der Waals surface area (Å²) in [4.78, 5) is 28.7. The van der Waals surface area contributed by atoms with Crippen LogP contribution >= 0.6 is 22.9 Å². The molecule has 1 aliphatic rings. The number of hydrogen-bond donors (Lipinski definition) is 0. The van der Waals surface area contributed by atoms with Crippen LogP contribution in [-0.2, 0) is 4.79 Å². The molecule has 10 heteroatoms. The molecule has 30 heavy (non-hydrogen) atoms. The molecule has 1 amide bonds. The Kier molecular flexibility index (Phi) is 5.83. The number of carbonyl (C=O) groups excluding carboxylic acids is 1. The Balaban J connectivity index is 1.31. The summed E-state index contributed by atoms with van der Waals surface area (Å²) >= 11 is 7.68. The number of piperidine rings is 1. The first-order chi connectivity index (χ1) is 14.4. The molecule has 3 aromatic rings. The minimum Gasteiger partial charge on any atom is -0.484 e. The van der Waals surface area contributed by atoms with Crippen molar-refractivity contribution in [1.82, 2.24) is 9.88 Å². The van der Waals surface area contributed by atoms with E-state index in [1.165, 1.54) is 6.07 Å². The molecule has 0 radical (unpaired) electrons. The van der Waals surface area contributed by atoms with Crippen LogP contribution in [0.15, 0.2) is 36.4 Å². The van der Waals surface area contributed by atoms with Gasteiger partial charge in [-0.3, -0.25) is 14.9 Å². The molecule has 0 unspecified atom stereocenters. The topological polar surface area (TPSA) is 85.6 Å². The van der Waals surface area contributed by atoms with Gasteiger partial charge in [-0.25, -0.2) is 4.98 Å². The van der Waals surface area contributed by atoms with E-state index in [4.69, 9.17) is 21.3 Å². The van der Waals surface area contributed by atoms with E-state index in [1.807, 2.05) is 18.2 Å². The Morgan fingerprint density at radius 2 is 2.07 bits per heavy atom. The summed E-state index contributed by atoms with van der Waals surface area (Å²) in [5, 5.41) is 12.4. The second kappa shape index (κ2) is 8.53. The molecular weight excluding hydrogens is 433 g/mol. The highest BCUT2D eigenvalue weighted by Crippen LogP contribution is 2.34. The maximum Gasteiger partial charge on any atom is 0.305 e. The third-order valence-electron chi connectivity index (χ3n) is 5.04. The van der Waals surface area contributed by atoms with Crippen molar-refractivity contribution in [2.45, 2.75) is 18.8 Å². The van der Waals surface area contributed by atoms with Gasteiger partial charge in [0.1, 0.15) is 5.75 Å². The SMILES string of the molecule is O=C(COc1ccc([N+](=O)[O-])c(F)c1)N1CCC(c2nc3cc(Cl)ccc3s2)CC1. The average Bonchev–Trinajstić information content (AvgIpc) is 3.15. The molecular formula is C20H17ClFN3O4S. The van der Waals surface area contributed by atoms with E-state index >= 15 is 0 Å². The minimum absolute atomic E-state index is 0.0782. The number of aromatic nitrogens is 1. The number of fused-ring (bicyclic) bond motifs is 1. The predicted molar refractivity (Wildman–Crippen MR) is 112 cm³/mol. The quantitative estimate of drug-likeness (QED) is 0.413. The number of nitro groups is 1. The van der Waals surface area contributed by atoms with Crippen molar-refractivity contribution in [3.63, 3.8) is 0 Å². The number of hydrogen-bond acceptors (Lipinski definition) is 6. The molecule has 0 N–H and O–H groups in total. The molecule has 1 aromatic heterocycles. The summed E-state index contributed by atoms with van der Waals surface area (Å²) in [5.41, 5.74) is 0.262. The Hall–Kier alpha value is -2.78. The van der Waals surface area contributed by atoms with Crippen LogP contribution in [0.3, 0.4) is 0 Å². The number of nitrogens with zero attached hydrogens (tertiary/aromatic N) is 3. The van der Waals surface area contributed by atoms with E-state index in [-0.39, 0.29) is 24.2 Å². The van der Waals surface area contributed by atoms with Crippen molar-refractivity contribution in [2.24, 2.45) is 0 Å². The van der Waals surface area contributed by atoms with Crippen molar-refractivity contribution in [3.05, 3.63) is 62.4 Å². The van der Waals surface area contributed by atoms with Gasteiger partial charge in [-0.05, 0) is 37.1 Å². The van der Waals surface area contributed by atoms with Gasteiger partial charge in [0, 0.05) is 36.2 Å². The van der Waals surface area contributed by atoms with Crippen LogP contribution in [-0.4, -0.2) is 40.4 Å². The number of rotatable bonds is 5. The summed E-state index contributed by atoms with van der Waals surface area (Å²) in [7, 11) is 0. The van der Waals surface area contributed by atoms with Gasteiger partial charge in [0.05, 0.1) is 20.1 Å². The Labute approximate surface area is 180 Å². The molecule has 0 spiro atoms. The Morgan fingerprint density at radius 1 is 1.30 bits per heavy atom. The number of nitro benzene ring substituents is 1. The van der Waals surface area contributed by atoms with Crippen molar-refractivity contribution in [1.29, 1.82) is 0 Å². The van der Waals surface area contributed by atoms with Crippen LogP contribution < -0.4 is 4.74 Å². The largest absolute Gasteiger partial charge is 0.484 e. The number of likely N-dealkylation sites (tertiary alicyclic amines) is 1. The minimum atomic E-state index is -0.997. The first kappa shape index (κ1) is 20.5. The lowest BCUT2D eigenvalue weighted by Crippen LogP contribution is -2.40. The fourth-order valence-electron chi connectivity index (χ4n) is 3.43. The van der Waals surface area contributed by atoms with E-state index in [9.17, 15) is 19.3 Å². The monoisotopic (exact) mass is 449 g/mol. The smallest absolute Gasteiger partial charge is 0.305 e. The van der Waals surface area contributed by atoms with Crippen LogP contribution in [0.2, 0.25) is 5.02 Å². The number of ether oxygens (including phenoxy) is 1. The van der Waals surface area contributed by atoms with Crippen LogP contribution in [0.4, 0.5) is 10.1 Å². The van der Waals surface area contributed by atoms with Gasteiger partial charge in [-0.1, -0.05) is 11.6 Å². The van der Waals surface area contributed by atoms with E-state index in [0.29, 0.717) is 18.1 Å². The van der Waals surface area contributed by atoms with Crippen molar-refractivity contribution in [3.8, 4) is 5.75 Å². The number of carbonyl (C=O) groups is 1. The fraction of sp³-hybridized carbons (Fsp3) is 0.300. The average molecular weight is 450 g/mol. The zero-order chi connectivity index (χ0) is 21.3. The number of benzene rings is 2. The molecule has 1 fully saturated rings. The molecule has 156 valence electrons. The Morgan fingerprint density at radius 3 is 2.77 bits per heavy atom. The molecule has 1 saturated heterocycles. The lowest BCUT2D eigenvalue weighted by atomic mass is 9.97. The number of halogens is 2. The van der Waals surface area contributed by atoms with Gasteiger partial charge in [0.2, 0.25) is 5.82 Å². The highest BCUT2D eigenvalue weighted by Gasteiger charge is 2.26. The van der Waals surface area contributed by atoms with Gasteiger partial charge in [0.25, 0.3) is 5.91 Å². The standard InChI is InChI=1S/C20H17ClFN3O4S/c21-13-1-4-18-16(9-13)23-20(30-18)12-5-7-24(8-6-12)19(26)11-29-14-2-3-17(25(27)28)15(22)10-14/h1-4,9-10,12H,5-8,11H2. The molecule has 2 heterocycles. The van der Waals surface area contributed by atoms with E-state index in [2.05, 4.69) is 0 Å². The second-order valence-electron chi connectivity index (χ2n) is 6.98. The first-order valence-corrected chi connectivity index (χ1v) is 10.5. The fourth-order valence-corrected chi connectivity index (χ4v) is 4.71. The second-order valence-corrected chi connectivity index (χ2v) is 8.48. The summed E-state index contributed by atoms with van der Waals surface area (Å²) in [6, 6.07) is 8.89. The molecule has 4 rings (SSSR count). The van der Waals surface area contributed by atoms with E-state index in [0.717, 1.165) is 40.2 Å². The molecule has 0 atom stereocenters. The number of thiazole rings is 1. The van der Waals surface area contributed by atoms with Crippen LogP contribution in [0, 0.1) is 15.9 Å². The maximum absolute atomic E-state index is 13.7. The molecule has 1 aliphatic heterocycles. The van der Waals surface area contributed by atoms with Crippen molar-refractivity contribution >= 4 is 44.7 Å². The van der Waals surface area contributed by atoms with Gasteiger partial charge < -0.3 is 9.64 Å². The third-order valence-corrected chi connectivity index (χ3v) is 6.48. The highest BCUT2D eigenvalue weighted by atomic mass is 35.5. The lowest BCUT2D eigenvalue weighted by Gasteiger charge is -2.31. The van der Waals surface area contributed by atoms with Gasteiger partial charge in [-0.2, -0.15) is 4.39 Å². The first-order valence-electron chi connectivity index (χ1n) is 9.31. The van der Waals surface area contributed by atoms with E-state index in [1.54, 1.807) is 16.2 Å². The summed E-state index contributed by atoms with van der Waals surface area (Å²) in [6.07, 6.45) is 1.59. The lowest BCUT2D eigenvalue weighted by molar-refractivity contribution is -0.387. The predicted octanol–water partition coefficient (Wildman–Crippen LogP) is 4.78. The maximum atomic E-state index is 13.7. The van der Waals surface area contributed by atoms with Gasteiger partial charge in [-0.15, -0.1) is 11.3 Å². The van der Waals surface area contributed by atoms with Gasteiger partial charge in [0.15, 0.2) is 6.61 Å². The summed E-state index contributed by atoms with van der Waals surface area (Å²) < 4.78 is 20.1. The third kappa shape index (κ3) is 4.36.